The molecule has 1 N–H and O–H groups in total. The number of nitrogens with zero attached hydrogens (tertiary/aromatic N) is 1. The molecule has 0 spiro atoms. The summed E-state index contributed by atoms with van der Waals surface area (Å²) in [6, 6.07) is 0.165. The van der Waals surface area contributed by atoms with Gasteiger partial charge in [0.1, 0.15) is 5.57 Å². The largest absolute Gasteiger partial charge is 0.462 e. The maximum absolute atomic E-state index is 13.7. The molecule has 0 aliphatic rings. The van der Waals surface area contributed by atoms with Crippen LogP contribution in [0.2, 0.25) is 0 Å². The zero-order chi connectivity index (χ0) is 18.3. The van der Waals surface area contributed by atoms with Crippen molar-refractivity contribution in [3.63, 3.8) is 0 Å². The Balaban J connectivity index is 3.31. The van der Waals surface area contributed by atoms with E-state index < -0.39 is 46.2 Å². The van der Waals surface area contributed by atoms with Crippen molar-refractivity contribution in [2.75, 3.05) is 6.61 Å². The summed E-state index contributed by atoms with van der Waals surface area (Å²) in [5.74, 6) is -10.4. The number of Topliss-reactive ketones (excluding diaryl/α,β-unsaturated/α-hetero) is 1. The predicted octanol–water partition coefficient (Wildman–Crippen LogP) is 2.86. The molecule has 24 heavy (non-hydrogen) atoms. The van der Waals surface area contributed by atoms with Gasteiger partial charge in [0.05, 0.1) is 12.2 Å². The van der Waals surface area contributed by atoms with Crippen LogP contribution in [-0.2, 0) is 9.53 Å². The van der Waals surface area contributed by atoms with E-state index in [1.807, 2.05) is 0 Å². The van der Waals surface area contributed by atoms with Crippen LogP contribution in [0, 0.1) is 23.3 Å². The Hall–Kier alpha value is -2.71. The van der Waals surface area contributed by atoms with Crippen LogP contribution in [0.15, 0.2) is 22.9 Å². The minimum Gasteiger partial charge on any atom is -0.462 e. The smallest absolute Gasteiger partial charge is 0.343 e. The predicted molar refractivity (Wildman–Crippen MR) is 77.2 cm³/mol. The van der Waals surface area contributed by atoms with Crippen LogP contribution in [0.5, 0.6) is 0 Å². The van der Waals surface area contributed by atoms with E-state index in [1.54, 1.807) is 6.92 Å². The number of carbonyl (C=O) groups is 2. The number of ether oxygens (including phenoxy) is 1. The Bertz CT molecular complexity index is 702. The lowest BCUT2D eigenvalue weighted by molar-refractivity contribution is -0.138. The van der Waals surface area contributed by atoms with E-state index in [9.17, 15) is 27.2 Å². The molecule has 5 nitrogen and oxygen atoms in total. The van der Waals surface area contributed by atoms with Crippen molar-refractivity contribution in [2.24, 2.45) is 5.10 Å². The van der Waals surface area contributed by atoms with Gasteiger partial charge in [0.25, 0.3) is 0 Å². The fraction of sp³-hybridized carbons (Fsp3) is 0.267. The van der Waals surface area contributed by atoms with Crippen LogP contribution in [0.3, 0.4) is 0 Å². The number of carbonyl (C=O) groups excluding carboxylic acids is 2. The van der Waals surface area contributed by atoms with Crippen LogP contribution in [0.4, 0.5) is 17.6 Å². The minimum absolute atomic E-state index is 0.101. The number of nitrogens with one attached hydrogen (secondary N) is 1. The van der Waals surface area contributed by atoms with E-state index in [-0.39, 0.29) is 12.7 Å². The van der Waals surface area contributed by atoms with E-state index in [4.69, 9.17) is 0 Å². The maximum atomic E-state index is 13.7. The fourth-order valence-electron chi connectivity index (χ4n) is 1.56. The fourth-order valence-corrected chi connectivity index (χ4v) is 1.56. The van der Waals surface area contributed by atoms with Gasteiger partial charge in [-0.1, -0.05) is 6.92 Å². The summed E-state index contributed by atoms with van der Waals surface area (Å²) in [7, 11) is 0. The molecule has 0 fully saturated rings. The number of hydrogen-bond acceptors (Lipinski definition) is 5. The molecular weight excluding hydrogens is 332 g/mol. The average molecular weight is 346 g/mol. The number of ketones is 1. The molecule has 0 bridgehead atoms. The van der Waals surface area contributed by atoms with Gasteiger partial charge < -0.3 is 4.74 Å². The summed E-state index contributed by atoms with van der Waals surface area (Å²) in [5.41, 5.74) is 0.337. The molecule has 0 saturated heterocycles. The quantitative estimate of drug-likeness (QED) is 0.0788. The minimum atomic E-state index is -2.15. The van der Waals surface area contributed by atoms with Crippen LogP contribution in [0.25, 0.3) is 0 Å². The van der Waals surface area contributed by atoms with E-state index in [0.29, 0.717) is 6.42 Å². The summed E-state index contributed by atoms with van der Waals surface area (Å²) in [6.45, 7) is 3.13. The van der Waals surface area contributed by atoms with Crippen molar-refractivity contribution in [3.8, 4) is 0 Å². The molecule has 0 aliphatic heterocycles. The molecule has 0 aromatic heterocycles. The number of esters is 1. The molecule has 9 heteroatoms. The van der Waals surface area contributed by atoms with Gasteiger partial charge in [-0.15, -0.1) is 0 Å². The van der Waals surface area contributed by atoms with E-state index in [1.165, 1.54) is 13.1 Å². The summed E-state index contributed by atoms with van der Waals surface area (Å²) >= 11 is 0. The first-order valence-electron chi connectivity index (χ1n) is 6.87. The lowest BCUT2D eigenvalue weighted by Gasteiger charge is -2.08. The van der Waals surface area contributed by atoms with Crippen LogP contribution < -0.4 is 5.43 Å². The summed E-state index contributed by atoms with van der Waals surface area (Å²) in [4.78, 5) is 24.0. The number of hydrogen-bond donors (Lipinski definition) is 1. The number of rotatable bonds is 7. The summed E-state index contributed by atoms with van der Waals surface area (Å²) in [5, 5.41) is 3.61. The van der Waals surface area contributed by atoms with Crippen LogP contribution >= 0.6 is 0 Å². The van der Waals surface area contributed by atoms with Crippen LogP contribution in [0.1, 0.15) is 30.6 Å². The Morgan fingerprint density at radius 3 is 2.42 bits per heavy atom. The topological polar surface area (TPSA) is 67.8 Å². The van der Waals surface area contributed by atoms with Crippen molar-refractivity contribution >= 4 is 18.0 Å². The zero-order valence-electron chi connectivity index (χ0n) is 12.8. The molecule has 1 aromatic rings. The Kier molecular flexibility index (Phi) is 7.09. The summed E-state index contributed by atoms with van der Waals surface area (Å²) < 4.78 is 57.8. The first-order valence-corrected chi connectivity index (χ1v) is 6.87. The highest BCUT2D eigenvalue weighted by Gasteiger charge is 2.28. The molecule has 0 aliphatic carbocycles. The number of benzene rings is 1. The van der Waals surface area contributed by atoms with Gasteiger partial charge in [-0.2, -0.15) is 5.10 Å². The first kappa shape index (κ1) is 19.3. The Morgan fingerprint density at radius 2 is 1.83 bits per heavy atom. The maximum Gasteiger partial charge on any atom is 0.343 e. The lowest BCUT2D eigenvalue weighted by atomic mass is 10.0. The van der Waals surface area contributed by atoms with Crippen molar-refractivity contribution in [2.45, 2.75) is 20.3 Å². The van der Waals surface area contributed by atoms with Gasteiger partial charge in [-0.25, -0.2) is 22.4 Å². The molecule has 0 atom stereocenters. The molecule has 0 saturated carbocycles. The van der Waals surface area contributed by atoms with E-state index in [0.717, 1.165) is 6.20 Å². The van der Waals surface area contributed by atoms with Crippen molar-refractivity contribution in [1.29, 1.82) is 0 Å². The van der Waals surface area contributed by atoms with Gasteiger partial charge >= 0.3 is 5.97 Å². The second-order valence-electron chi connectivity index (χ2n) is 4.30. The summed E-state index contributed by atoms with van der Waals surface area (Å²) in [6.07, 6.45) is 2.75. The molecule has 0 unspecified atom stereocenters. The normalized spacial score (nSPS) is 11.7. The number of halogens is 4. The van der Waals surface area contributed by atoms with Crippen molar-refractivity contribution < 1.29 is 31.9 Å². The monoisotopic (exact) mass is 346 g/mol. The lowest BCUT2D eigenvalue weighted by Crippen LogP contribution is -2.20. The third-order valence-electron chi connectivity index (χ3n) is 2.64. The second kappa shape index (κ2) is 8.80. The number of hydrazone groups is 1. The second-order valence-corrected chi connectivity index (χ2v) is 4.30. The SMILES string of the molecule is CCC=NNC=C(C(=O)OCC)C(=O)c1cc(F)c(F)c(F)c1F. The molecule has 1 rings (SSSR count). The molecule has 0 radical (unpaired) electrons. The van der Waals surface area contributed by atoms with Crippen molar-refractivity contribution in [1.82, 2.24) is 5.43 Å². The standard InChI is InChI=1S/C15H14F4N2O3/c1-3-5-20-21-7-9(15(23)24-4-2)14(22)8-6-10(16)12(18)13(19)11(8)17/h5-7,21H,3-4H2,1-2H3. The van der Waals surface area contributed by atoms with E-state index >= 15 is 0 Å². The highest BCUT2D eigenvalue weighted by Crippen LogP contribution is 2.21. The first-order chi connectivity index (χ1) is 11.3. The third-order valence-corrected chi connectivity index (χ3v) is 2.64. The molecular formula is C15H14F4N2O3. The molecule has 1 aromatic carbocycles. The molecule has 130 valence electrons. The Labute approximate surface area is 135 Å². The van der Waals surface area contributed by atoms with Gasteiger partial charge in [-0.05, 0) is 19.4 Å². The Morgan fingerprint density at radius 1 is 1.17 bits per heavy atom. The molecule has 0 amide bonds. The van der Waals surface area contributed by atoms with Crippen LogP contribution in [-0.4, -0.2) is 24.6 Å². The highest BCUT2D eigenvalue weighted by molar-refractivity contribution is 6.24. The van der Waals surface area contributed by atoms with Gasteiger partial charge in [0.15, 0.2) is 23.3 Å². The van der Waals surface area contributed by atoms with Crippen molar-refractivity contribution in [3.05, 3.63) is 46.7 Å². The highest BCUT2D eigenvalue weighted by atomic mass is 19.2. The third kappa shape index (κ3) is 4.40. The zero-order valence-corrected chi connectivity index (χ0v) is 12.8. The van der Waals surface area contributed by atoms with E-state index in [2.05, 4.69) is 15.3 Å². The molecule has 0 heterocycles. The van der Waals surface area contributed by atoms with Gasteiger partial charge in [0.2, 0.25) is 5.78 Å². The average Bonchev–Trinajstić information content (AvgIpc) is 2.56. The van der Waals surface area contributed by atoms with Gasteiger partial charge in [0, 0.05) is 12.4 Å². The van der Waals surface area contributed by atoms with Gasteiger partial charge in [-0.3, -0.25) is 10.2 Å².